The van der Waals surface area contributed by atoms with Gasteiger partial charge in [-0.2, -0.15) is 0 Å². The van der Waals surface area contributed by atoms with Crippen molar-refractivity contribution in [1.82, 2.24) is 0 Å². The van der Waals surface area contributed by atoms with E-state index in [0.717, 1.165) is 48.5 Å². The summed E-state index contributed by atoms with van der Waals surface area (Å²) in [6, 6.07) is 5.91. The number of rotatable bonds is 0. The molecule has 0 unspecified atom stereocenters. The minimum atomic E-state index is -0.792. The van der Waals surface area contributed by atoms with Gasteiger partial charge in [0.25, 0.3) is 0 Å². The van der Waals surface area contributed by atoms with E-state index in [0.29, 0.717) is 19.3 Å². The molecule has 1 atom stereocenters. The Balaban J connectivity index is 1.89. The molecule has 3 aliphatic rings. The van der Waals surface area contributed by atoms with Crippen molar-refractivity contribution in [2.24, 2.45) is 5.41 Å². The highest BCUT2D eigenvalue weighted by molar-refractivity contribution is 6.31. The maximum Gasteiger partial charge on any atom is 0.148 e. The van der Waals surface area contributed by atoms with Crippen LogP contribution < -0.4 is 4.90 Å². The fourth-order valence-electron chi connectivity index (χ4n) is 4.68. The van der Waals surface area contributed by atoms with Crippen LogP contribution in [0.2, 0.25) is 5.02 Å². The standard InChI is InChI=1S/C18H20ClNO2/c19-13-8-7-12-11-18(16(21)5-3-6-17(18)22)15-4-1-2-9-20(15)14(12)10-13/h7-8,10,15H,1-6,9,11H2/t15-/m0/s1. The number of hydrogen-bond donors (Lipinski definition) is 0. The zero-order valence-corrected chi connectivity index (χ0v) is 13.4. The van der Waals surface area contributed by atoms with Gasteiger partial charge in [0.05, 0.1) is 0 Å². The van der Waals surface area contributed by atoms with Crippen LogP contribution in [0.1, 0.15) is 44.1 Å². The quantitative estimate of drug-likeness (QED) is 0.687. The summed E-state index contributed by atoms with van der Waals surface area (Å²) in [5.74, 6) is 0.336. The molecule has 1 aliphatic carbocycles. The third kappa shape index (κ3) is 1.88. The van der Waals surface area contributed by atoms with Crippen molar-refractivity contribution in [2.75, 3.05) is 11.4 Å². The molecule has 22 heavy (non-hydrogen) atoms. The Morgan fingerprint density at radius 2 is 1.86 bits per heavy atom. The van der Waals surface area contributed by atoms with Crippen LogP contribution in [0.25, 0.3) is 0 Å². The molecule has 1 saturated heterocycles. The third-order valence-corrected chi connectivity index (χ3v) is 5.94. The summed E-state index contributed by atoms with van der Waals surface area (Å²) in [5, 5.41) is 0.723. The van der Waals surface area contributed by atoms with E-state index in [1.807, 2.05) is 18.2 Å². The second-order valence-corrected chi connectivity index (χ2v) is 7.26. The van der Waals surface area contributed by atoms with Crippen LogP contribution in [-0.2, 0) is 16.0 Å². The second kappa shape index (κ2) is 5.09. The Labute approximate surface area is 135 Å². The molecule has 1 aromatic rings. The number of Topliss-reactive ketones (excluding diaryl/α,β-unsaturated/α-hetero) is 2. The Kier molecular flexibility index (Phi) is 3.30. The van der Waals surface area contributed by atoms with Crippen molar-refractivity contribution >= 4 is 28.9 Å². The van der Waals surface area contributed by atoms with E-state index in [-0.39, 0.29) is 17.6 Å². The maximum atomic E-state index is 12.8. The second-order valence-electron chi connectivity index (χ2n) is 6.83. The number of carbonyl (C=O) groups is 2. The van der Waals surface area contributed by atoms with Gasteiger partial charge in [0.2, 0.25) is 0 Å². The van der Waals surface area contributed by atoms with E-state index in [1.54, 1.807) is 0 Å². The summed E-state index contributed by atoms with van der Waals surface area (Å²) in [6.45, 7) is 0.917. The highest BCUT2D eigenvalue weighted by atomic mass is 35.5. The minimum Gasteiger partial charge on any atom is -0.367 e. The number of carbonyl (C=O) groups excluding carboxylic acids is 2. The molecule has 0 radical (unpaired) electrons. The molecule has 1 aromatic carbocycles. The molecule has 1 spiro atoms. The topological polar surface area (TPSA) is 37.4 Å². The van der Waals surface area contributed by atoms with E-state index < -0.39 is 5.41 Å². The first kappa shape index (κ1) is 14.3. The number of hydrogen-bond acceptors (Lipinski definition) is 3. The van der Waals surface area contributed by atoms with Crippen LogP contribution in [0, 0.1) is 5.41 Å². The predicted octanol–water partition coefficient (Wildman–Crippen LogP) is 3.56. The lowest BCUT2D eigenvalue weighted by molar-refractivity contribution is -0.146. The van der Waals surface area contributed by atoms with Crippen molar-refractivity contribution in [1.29, 1.82) is 0 Å². The monoisotopic (exact) mass is 317 g/mol. The molecular weight excluding hydrogens is 298 g/mol. The summed E-state index contributed by atoms with van der Waals surface area (Å²) >= 11 is 6.18. The van der Waals surface area contributed by atoms with Crippen LogP contribution in [0.4, 0.5) is 5.69 Å². The largest absolute Gasteiger partial charge is 0.367 e. The molecule has 0 N–H and O–H groups in total. The lowest BCUT2D eigenvalue weighted by atomic mass is 9.60. The number of nitrogens with zero attached hydrogens (tertiary/aromatic N) is 1. The molecule has 2 fully saturated rings. The molecule has 2 aliphatic heterocycles. The molecular formula is C18H20ClNO2. The average Bonchev–Trinajstić information content (AvgIpc) is 2.53. The van der Waals surface area contributed by atoms with Crippen molar-refractivity contribution in [3.05, 3.63) is 28.8 Å². The molecule has 2 heterocycles. The predicted molar refractivity (Wildman–Crippen MR) is 86.4 cm³/mol. The van der Waals surface area contributed by atoms with Crippen molar-refractivity contribution in [3.63, 3.8) is 0 Å². The fraction of sp³-hybridized carbons (Fsp3) is 0.556. The smallest absolute Gasteiger partial charge is 0.148 e. The van der Waals surface area contributed by atoms with Crippen LogP contribution in [-0.4, -0.2) is 24.2 Å². The van der Waals surface area contributed by atoms with Gasteiger partial charge >= 0.3 is 0 Å². The summed E-state index contributed by atoms with van der Waals surface area (Å²) in [7, 11) is 0. The summed E-state index contributed by atoms with van der Waals surface area (Å²) in [4.78, 5) is 28.0. The Morgan fingerprint density at radius 3 is 2.64 bits per heavy atom. The van der Waals surface area contributed by atoms with E-state index in [9.17, 15) is 9.59 Å². The van der Waals surface area contributed by atoms with Crippen molar-refractivity contribution < 1.29 is 9.59 Å². The Hall–Kier alpha value is -1.35. The maximum absolute atomic E-state index is 12.8. The van der Waals surface area contributed by atoms with Gasteiger partial charge in [-0.3, -0.25) is 9.59 Å². The molecule has 3 nitrogen and oxygen atoms in total. The van der Waals surface area contributed by atoms with Gasteiger partial charge in [-0.1, -0.05) is 17.7 Å². The summed E-state index contributed by atoms with van der Waals surface area (Å²) in [6.07, 6.45) is 5.54. The number of piperidine rings is 1. The normalized spacial score (nSPS) is 26.8. The van der Waals surface area contributed by atoms with E-state index in [1.165, 1.54) is 0 Å². The average molecular weight is 318 g/mol. The first-order valence-corrected chi connectivity index (χ1v) is 8.62. The van der Waals surface area contributed by atoms with Crippen molar-refractivity contribution in [3.8, 4) is 0 Å². The van der Waals surface area contributed by atoms with Crippen LogP contribution >= 0.6 is 11.6 Å². The van der Waals surface area contributed by atoms with Crippen LogP contribution in [0.15, 0.2) is 18.2 Å². The minimum absolute atomic E-state index is 0.0347. The van der Waals surface area contributed by atoms with Gasteiger partial charge in [-0.15, -0.1) is 0 Å². The van der Waals surface area contributed by atoms with Gasteiger partial charge in [-0.25, -0.2) is 0 Å². The van der Waals surface area contributed by atoms with Gasteiger partial charge in [0.15, 0.2) is 0 Å². The zero-order valence-electron chi connectivity index (χ0n) is 12.6. The van der Waals surface area contributed by atoms with E-state index >= 15 is 0 Å². The van der Waals surface area contributed by atoms with Crippen molar-refractivity contribution in [2.45, 2.75) is 51.0 Å². The molecule has 0 amide bonds. The van der Waals surface area contributed by atoms with E-state index in [4.69, 9.17) is 11.6 Å². The SMILES string of the molecule is O=C1CCCC(=O)C12Cc1ccc(Cl)cc1N1CCCC[C@H]12. The molecule has 1 saturated carbocycles. The van der Waals surface area contributed by atoms with Gasteiger partial charge in [0.1, 0.15) is 17.0 Å². The molecule has 0 bridgehead atoms. The highest BCUT2D eigenvalue weighted by Gasteiger charge is 2.57. The summed E-state index contributed by atoms with van der Waals surface area (Å²) < 4.78 is 0. The van der Waals surface area contributed by atoms with Gasteiger partial charge in [0, 0.05) is 36.1 Å². The number of anilines is 1. The Morgan fingerprint density at radius 1 is 1.09 bits per heavy atom. The molecule has 4 rings (SSSR count). The highest BCUT2D eigenvalue weighted by Crippen LogP contribution is 2.49. The lowest BCUT2D eigenvalue weighted by Crippen LogP contribution is -2.62. The molecule has 116 valence electrons. The number of halogens is 1. The van der Waals surface area contributed by atoms with Crippen LogP contribution in [0.5, 0.6) is 0 Å². The number of fused-ring (bicyclic) bond motifs is 4. The van der Waals surface area contributed by atoms with Gasteiger partial charge in [-0.05, 0) is 49.8 Å². The van der Waals surface area contributed by atoms with E-state index in [2.05, 4.69) is 4.90 Å². The summed E-state index contributed by atoms with van der Waals surface area (Å²) in [5.41, 5.74) is 1.44. The molecule has 0 aromatic heterocycles. The Bertz CT molecular complexity index is 638. The fourth-order valence-corrected chi connectivity index (χ4v) is 4.85. The lowest BCUT2D eigenvalue weighted by Gasteiger charge is -2.53. The first-order valence-electron chi connectivity index (χ1n) is 8.24. The first-order chi connectivity index (χ1) is 10.6. The molecule has 4 heteroatoms. The van der Waals surface area contributed by atoms with Crippen LogP contribution in [0.3, 0.4) is 0 Å². The third-order valence-electron chi connectivity index (χ3n) is 5.70. The van der Waals surface area contributed by atoms with Gasteiger partial charge < -0.3 is 4.90 Å². The zero-order chi connectivity index (χ0) is 15.3. The number of ketones is 2. The number of benzene rings is 1.